The van der Waals surface area contributed by atoms with Crippen LogP contribution < -0.4 is 5.32 Å². The second kappa shape index (κ2) is 10.4. The quantitative estimate of drug-likeness (QED) is 0.326. The first-order valence-electron chi connectivity index (χ1n) is 8.98. The molecule has 7 nitrogen and oxygen atoms in total. The number of esters is 2. The summed E-state index contributed by atoms with van der Waals surface area (Å²) >= 11 is 0. The first-order chi connectivity index (χ1) is 12.7. The number of amidine groups is 1. The van der Waals surface area contributed by atoms with Gasteiger partial charge in [-0.15, -0.1) is 0 Å². The molecular formula is C20H28N2O5. The second-order valence-electron chi connectivity index (χ2n) is 6.44. The van der Waals surface area contributed by atoms with E-state index >= 15 is 0 Å². The molecule has 0 aliphatic carbocycles. The molecule has 0 saturated heterocycles. The molecule has 1 N–H and O–H groups in total. The Morgan fingerprint density at radius 2 is 1.67 bits per heavy atom. The van der Waals surface area contributed by atoms with E-state index in [1.54, 1.807) is 13.8 Å². The molecule has 0 aromatic heterocycles. The molecule has 0 heterocycles. The van der Waals surface area contributed by atoms with E-state index in [0.717, 1.165) is 5.56 Å². The van der Waals surface area contributed by atoms with Crippen molar-refractivity contribution in [3.63, 3.8) is 0 Å². The minimum atomic E-state index is -1.42. The van der Waals surface area contributed by atoms with E-state index in [1.165, 1.54) is 13.8 Å². The molecule has 1 aromatic rings. The minimum Gasteiger partial charge on any atom is -0.466 e. The van der Waals surface area contributed by atoms with Gasteiger partial charge in [-0.25, -0.2) is 0 Å². The van der Waals surface area contributed by atoms with Gasteiger partial charge in [0.25, 0.3) is 0 Å². The molecule has 0 saturated carbocycles. The van der Waals surface area contributed by atoms with E-state index in [0.29, 0.717) is 0 Å². The Morgan fingerprint density at radius 1 is 1.07 bits per heavy atom. The van der Waals surface area contributed by atoms with Crippen molar-refractivity contribution in [2.45, 2.75) is 47.1 Å². The third-order valence-corrected chi connectivity index (χ3v) is 3.86. The van der Waals surface area contributed by atoms with Gasteiger partial charge in [0.1, 0.15) is 17.7 Å². The van der Waals surface area contributed by atoms with Gasteiger partial charge in [-0.1, -0.05) is 30.3 Å². The highest BCUT2D eigenvalue weighted by Crippen LogP contribution is 2.19. The third-order valence-electron chi connectivity index (χ3n) is 3.86. The summed E-state index contributed by atoms with van der Waals surface area (Å²) in [5, 5.41) is 2.60. The Balaban J connectivity index is 3.04. The third kappa shape index (κ3) is 6.84. The zero-order valence-corrected chi connectivity index (χ0v) is 16.6. The van der Waals surface area contributed by atoms with Crippen LogP contribution in [0.3, 0.4) is 0 Å². The number of carbonyl (C=O) groups is 3. The summed E-state index contributed by atoms with van der Waals surface area (Å²) in [7, 11) is 0. The average Bonchev–Trinajstić information content (AvgIpc) is 2.62. The van der Waals surface area contributed by atoms with Gasteiger partial charge < -0.3 is 14.8 Å². The molecule has 0 aliphatic heterocycles. The number of benzene rings is 1. The van der Waals surface area contributed by atoms with Crippen LogP contribution in [0, 0.1) is 5.41 Å². The number of hydrogen-bond acceptors (Lipinski definition) is 6. The molecule has 0 unspecified atom stereocenters. The monoisotopic (exact) mass is 376 g/mol. The number of nitrogens with zero attached hydrogens (tertiary/aromatic N) is 1. The highest BCUT2D eigenvalue weighted by atomic mass is 16.5. The second-order valence-corrected chi connectivity index (χ2v) is 6.44. The van der Waals surface area contributed by atoms with Crippen LogP contribution in [0.4, 0.5) is 0 Å². The van der Waals surface area contributed by atoms with Crippen LogP contribution in [-0.4, -0.2) is 36.9 Å². The molecule has 27 heavy (non-hydrogen) atoms. The van der Waals surface area contributed by atoms with Crippen molar-refractivity contribution in [1.29, 1.82) is 0 Å². The average molecular weight is 376 g/mol. The fourth-order valence-corrected chi connectivity index (χ4v) is 2.20. The number of aliphatic imine (C=N–C) groups is 1. The highest BCUT2D eigenvalue weighted by molar-refractivity contribution is 6.12. The lowest BCUT2D eigenvalue weighted by Crippen LogP contribution is -2.46. The summed E-state index contributed by atoms with van der Waals surface area (Å²) in [5.74, 6) is -1.60. The normalized spacial score (nSPS) is 12.9. The summed E-state index contributed by atoms with van der Waals surface area (Å²) in [6, 6.07) is 9.18. The molecule has 0 spiro atoms. The van der Waals surface area contributed by atoms with Gasteiger partial charge in [-0.05, 0) is 40.2 Å². The number of nitrogens with one attached hydrogen (secondary N) is 1. The van der Waals surface area contributed by atoms with Crippen molar-refractivity contribution in [3.8, 4) is 0 Å². The maximum Gasteiger partial charge on any atom is 0.321 e. The molecule has 1 aromatic carbocycles. The molecule has 0 fully saturated rings. The van der Waals surface area contributed by atoms with E-state index in [-0.39, 0.29) is 31.5 Å². The minimum absolute atomic E-state index is 0.146. The number of rotatable bonds is 8. The summed E-state index contributed by atoms with van der Waals surface area (Å²) in [6.45, 7) is 8.53. The van der Waals surface area contributed by atoms with Crippen LogP contribution in [-0.2, 0) is 23.9 Å². The highest BCUT2D eigenvalue weighted by Gasteiger charge is 2.38. The van der Waals surface area contributed by atoms with Gasteiger partial charge in [-0.3, -0.25) is 19.4 Å². The zero-order valence-electron chi connectivity index (χ0n) is 16.6. The molecule has 1 amide bonds. The number of ether oxygens (including phenoxy) is 2. The molecule has 1 atom stereocenters. The Morgan fingerprint density at radius 3 is 2.22 bits per heavy atom. The Hall–Kier alpha value is -2.70. The maximum absolute atomic E-state index is 12.6. The van der Waals surface area contributed by atoms with Crippen LogP contribution >= 0.6 is 0 Å². The number of carbonyl (C=O) groups excluding carboxylic acids is 3. The van der Waals surface area contributed by atoms with Crippen molar-refractivity contribution in [2.75, 3.05) is 13.2 Å². The van der Waals surface area contributed by atoms with Crippen molar-refractivity contribution in [2.24, 2.45) is 10.4 Å². The first-order valence-corrected chi connectivity index (χ1v) is 8.98. The largest absolute Gasteiger partial charge is 0.466 e. The van der Waals surface area contributed by atoms with Gasteiger partial charge in [-0.2, -0.15) is 0 Å². The van der Waals surface area contributed by atoms with Gasteiger partial charge in [0, 0.05) is 0 Å². The Kier molecular flexibility index (Phi) is 8.65. The van der Waals surface area contributed by atoms with Gasteiger partial charge in [0.05, 0.1) is 19.3 Å². The Bertz CT molecular complexity index is 683. The lowest BCUT2D eigenvalue weighted by atomic mass is 9.92. The maximum atomic E-state index is 12.6. The van der Waals surface area contributed by atoms with Crippen LogP contribution in [0.2, 0.25) is 0 Å². The van der Waals surface area contributed by atoms with Crippen LogP contribution in [0.5, 0.6) is 0 Å². The number of hydrogen-bond donors (Lipinski definition) is 1. The molecule has 1 rings (SSSR count). The summed E-state index contributed by atoms with van der Waals surface area (Å²) in [4.78, 5) is 41.0. The first kappa shape index (κ1) is 22.3. The smallest absolute Gasteiger partial charge is 0.321 e. The van der Waals surface area contributed by atoms with Crippen LogP contribution in [0.25, 0.3) is 0 Å². The standard InChI is InChI=1S/C20H28N2O5/c1-6-26-17(23)13-16(21-14(3)15-11-9-8-10-12-15)22-18(24)20(4,5)19(25)27-7-2/h8-12,14H,6-7,13H2,1-5H3,(H,21,22,24)/t14-/m0/s1. The van der Waals surface area contributed by atoms with E-state index in [4.69, 9.17) is 9.47 Å². The topological polar surface area (TPSA) is 94.1 Å². The molecular weight excluding hydrogens is 348 g/mol. The lowest BCUT2D eigenvalue weighted by molar-refractivity contribution is -0.158. The summed E-state index contributed by atoms with van der Waals surface area (Å²) in [5.41, 5.74) is -0.487. The molecule has 0 aliphatic rings. The van der Waals surface area contributed by atoms with E-state index in [1.807, 2.05) is 37.3 Å². The van der Waals surface area contributed by atoms with E-state index < -0.39 is 23.3 Å². The fraction of sp³-hybridized carbons (Fsp3) is 0.500. The SMILES string of the molecule is CCOC(=O)CC(=N[C@@H](C)c1ccccc1)NC(=O)C(C)(C)C(=O)OCC. The number of amides is 1. The molecule has 148 valence electrons. The molecule has 0 radical (unpaired) electrons. The summed E-state index contributed by atoms with van der Waals surface area (Å²) < 4.78 is 9.90. The lowest BCUT2D eigenvalue weighted by Gasteiger charge is -2.22. The zero-order chi connectivity index (χ0) is 20.4. The van der Waals surface area contributed by atoms with Crippen molar-refractivity contribution >= 4 is 23.7 Å². The van der Waals surface area contributed by atoms with E-state index in [2.05, 4.69) is 10.3 Å². The van der Waals surface area contributed by atoms with Crippen molar-refractivity contribution in [3.05, 3.63) is 35.9 Å². The predicted molar refractivity (Wildman–Crippen MR) is 102 cm³/mol. The fourth-order valence-electron chi connectivity index (χ4n) is 2.20. The van der Waals surface area contributed by atoms with Crippen LogP contribution in [0.1, 0.15) is 52.6 Å². The van der Waals surface area contributed by atoms with Crippen molar-refractivity contribution < 1.29 is 23.9 Å². The predicted octanol–water partition coefficient (Wildman–Crippen LogP) is 2.80. The van der Waals surface area contributed by atoms with Crippen molar-refractivity contribution in [1.82, 2.24) is 5.32 Å². The van der Waals surface area contributed by atoms with Gasteiger partial charge in [0.2, 0.25) is 5.91 Å². The van der Waals surface area contributed by atoms with Crippen LogP contribution in [0.15, 0.2) is 35.3 Å². The molecule has 7 heteroatoms. The van der Waals surface area contributed by atoms with E-state index in [9.17, 15) is 14.4 Å². The molecule has 0 bridgehead atoms. The summed E-state index contributed by atoms with van der Waals surface area (Å²) in [6.07, 6.45) is -0.199. The Labute approximate surface area is 160 Å². The van der Waals surface area contributed by atoms with Gasteiger partial charge in [0.15, 0.2) is 0 Å². The van der Waals surface area contributed by atoms with Gasteiger partial charge >= 0.3 is 11.9 Å².